The highest BCUT2D eigenvalue weighted by Crippen LogP contribution is 2.17. The number of carbonyl (C=O) groups excluding carboxylic acids is 1. The van der Waals surface area contributed by atoms with Gasteiger partial charge in [-0.15, -0.1) is 11.5 Å². The summed E-state index contributed by atoms with van der Waals surface area (Å²) in [5.41, 5.74) is -0.163. The normalized spacial score (nSPS) is 12.9. The molecule has 1 aromatic rings. The van der Waals surface area contributed by atoms with E-state index in [9.17, 15) is 4.79 Å². The molecule has 1 heterocycles. The van der Waals surface area contributed by atoms with E-state index in [2.05, 4.69) is 26.4 Å². The molecule has 0 aliphatic rings. The Hall–Kier alpha value is -1.83. The molecule has 1 aromatic heterocycles. The molecular formula is C11H16N4O. The standard InChI is InChI=1S/C11H16N4O/c1-6-7(2)12-9(16)8-13-10(15-14-8)11(3,4)5/h1,7H,2-5H3,(H,12,16)(H,13,14,15). The molecule has 0 saturated heterocycles. The minimum atomic E-state index is -0.364. The van der Waals surface area contributed by atoms with Crippen LogP contribution in [-0.4, -0.2) is 27.1 Å². The number of terminal acetylenes is 1. The molecule has 1 atom stereocenters. The Morgan fingerprint density at radius 3 is 2.62 bits per heavy atom. The zero-order chi connectivity index (χ0) is 12.3. The number of aromatic amines is 1. The Bertz CT molecular complexity index is 422. The van der Waals surface area contributed by atoms with Gasteiger partial charge in [0.25, 0.3) is 5.91 Å². The van der Waals surface area contributed by atoms with E-state index in [-0.39, 0.29) is 23.2 Å². The van der Waals surface area contributed by atoms with E-state index in [4.69, 9.17) is 6.42 Å². The second-order valence-electron chi connectivity index (χ2n) is 4.62. The van der Waals surface area contributed by atoms with Crippen molar-refractivity contribution in [3.63, 3.8) is 0 Å². The highest BCUT2D eigenvalue weighted by molar-refractivity contribution is 5.90. The molecule has 0 radical (unpaired) electrons. The van der Waals surface area contributed by atoms with Crippen LogP contribution < -0.4 is 5.32 Å². The van der Waals surface area contributed by atoms with Gasteiger partial charge in [-0.3, -0.25) is 9.89 Å². The number of nitrogens with zero attached hydrogens (tertiary/aromatic N) is 2. The van der Waals surface area contributed by atoms with Crippen molar-refractivity contribution in [3.05, 3.63) is 11.6 Å². The Morgan fingerprint density at radius 1 is 1.56 bits per heavy atom. The maximum atomic E-state index is 11.6. The fourth-order valence-corrected chi connectivity index (χ4v) is 1.00. The summed E-state index contributed by atoms with van der Waals surface area (Å²) in [6.45, 7) is 7.67. The Kier molecular flexibility index (Phi) is 3.33. The second-order valence-corrected chi connectivity index (χ2v) is 4.62. The largest absolute Gasteiger partial charge is 0.336 e. The molecule has 0 aromatic carbocycles. The van der Waals surface area contributed by atoms with Crippen molar-refractivity contribution in [1.82, 2.24) is 20.5 Å². The van der Waals surface area contributed by atoms with Crippen LogP contribution in [0.25, 0.3) is 0 Å². The van der Waals surface area contributed by atoms with Crippen LogP contribution in [0.4, 0.5) is 0 Å². The molecule has 1 amide bonds. The topological polar surface area (TPSA) is 70.7 Å². The van der Waals surface area contributed by atoms with Crippen molar-refractivity contribution in [2.24, 2.45) is 0 Å². The third kappa shape index (κ3) is 2.83. The van der Waals surface area contributed by atoms with E-state index in [1.54, 1.807) is 6.92 Å². The Labute approximate surface area is 95.0 Å². The van der Waals surface area contributed by atoms with Crippen LogP contribution in [-0.2, 0) is 5.41 Å². The first-order valence-corrected chi connectivity index (χ1v) is 5.04. The van der Waals surface area contributed by atoms with Crippen molar-refractivity contribution >= 4 is 5.91 Å². The average molecular weight is 220 g/mol. The molecule has 0 aliphatic heterocycles. The van der Waals surface area contributed by atoms with Gasteiger partial charge in [-0.05, 0) is 6.92 Å². The SMILES string of the molecule is C#CC(C)NC(=O)c1n[nH]c(C(C)(C)C)n1. The number of hydrogen-bond donors (Lipinski definition) is 2. The van der Waals surface area contributed by atoms with Crippen LogP contribution in [0.2, 0.25) is 0 Å². The smallest absolute Gasteiger partial charge is 0.291 e. The van der Waals surface area contributed by atoms with Crippen molar-refractivity contribution < 1.29 is 4.79 Å². The maximum absolute atomic E-state index is 11.6. The highest BCUT2D eigenvalue weighted by Gasteiger charge is 2.21. The van der Waals surface area contributed by atoms with Crippen molar-refractivity contribution in [3.8, 4) is 12.3 Å². The third-order valence-corrected chi connectivity index (χ3v) is 2.00. The minimum absolute atomic E-state index is 0.118. The molecule has 5 heteroatoms. The van der Waals surface area contributed by atoms with Crippen LogP contribution in [0, 0.1) is 12.3 Å². The van der Waals surface area contributed by atoms with Gasteiger partial charge in [0.15, 0.2) is 0 Å². The summed E-state index contributed by atoms with van der Waals surface area (Å²) >= 11 is 0. The van der Waals surface area contributed by atoms with Gasteiger partial charge in [0.05, 0.1) is 6.04 Å². The Morgan fingerprint density at radius 2 is 2.19 bits per heavy atom. The molecule has 86 valence electrons. The van der Waals surface area contributed by atoms with Crippen LogP contribution in [0.15, 0.2) is 0 Å². The van der Waals surface area contributed by atoms with E-state index in [1.165, 1.54) is 0 Å². The minimum Gasteiger partial charge on any atom is -0.336 e. The molecule has 0 aliphatic carbocycles. The van der Waals surface area contributed by atoms with Gasteiger partial charge in [-0.25, -0.2) is 4.98 Å². The van der Waals surface area contributed by atoms with Gasteiger partial charge in [-0.1, -0.05) is 26.7 Å². The van der Waals surface area contributed by atoms with E-state index < -0.39 is 0 Å². The number of aromatic nitrogens is 3. The summed E-state index contributed by atoms with van der Waals surface area (Å²) in [7, 11) is 0. The predicted octanol–water partition coefficient (Wildman–Crippen LogP) is 0.854. The molecule has 1 unspecified atom stereocenters. The summed E-state index contributed by atoms with van der Waals surface area (Å²) in [6.07, 6.45) is 5.16. The lowest BCUT2D eigenvalue weighted by molar-refractivity contribution is 0.0938. The van der Waals surface area contributed by atoms with Gasteiger partial charge >= 0.3 is 0 Å². The summed E-state index contributed by atoms with van der Waals surface area (Å²) in [4.78, 5) is 15.7. The van der Waals surface area contributed by atoms with E-state index >= 15 is 0 Å². The van der Waals surface area contributed by atoms with E-state index in [0.717, 1.165) is 0 Å². The molecule has 0 spiro atoms. The highest BCUT2D eigenvalue weighted by atomic mass is 16.2. The average Bonchev–Trinajstić information content (AvgIpc) is 2.65. The van der Waals surface area contributed by atoms with Crippen molar-refractivity contribution in [2.75, 3.05) is 0 Å². The molecule has 0 bridgehead atoms. The summed E-state index contributed by atoms with van der Waals surface area (Å²) in [5.74, 6) is 2.83. The lowest BCUT2D eigenvalue weighted by atomic mass is 9.96. The lowest BCUT2D eigenvalue weighted by Crippen LogP contribution is -2.32. The lowest BCUT2D eigenvalue weighted by Gasteiger charge is -2.12. The summed E-state index contributed by atoms with van der Waals surface area (Å²) < 4.78 is 0. The maximum Gasteiger partial charge on any atom is 0.291 e. The molecule has 5 nitrogen and oxygen atoms in total. The number of carbonyl (C=O) groups is 1. The van der Waals surface area contributed by atoms with Gasteiger partial charge in [0, 0.05) is 5.41 Å². The molecular weight excluding hydrogens is 204 g/mol. The zero-order valence-corrected chi connectivity index (χ0v) is 9.96. The molecule has 16 heavy (non-hydrogen) atoms. The second kappa shape index (κ2) is 4.35. The number of amides is 1. The van der Waals surface area contributed by atoms with E-state index in [0.29, 0.717) is 5.82 Å². The molecule has 0 fully saturated rings. The number of hydrogen-bond acceptors (Lipinski definition) is 3. The van der Waals surface area contributed by atoms with Gasteiger partial charge in [-0.2, -0.15) is 0 Å². The van der Waals surface area contributed by atoms with Gasteiger partial charge < -0.3 is 5.32 Å². The van der Waals surface area contributed by atoms with Gasteiger partial charge in [0.1, 0.15) is 5.82 Å². The van der Waals surface area contributed by atoms with Crippen LogP contribution in [0.5, 0.6) is 0 Å². The van der Waals surface area contributed by atoms with Crippen LogP contribution in [0.1, 0.15) is 44.1 Å². The number of nitrogens with one attached hydrogen (secondary N) is 2. The van der Waals surface area contributed by atoms with Gasteiger partial charge in [0.2, 0.25) is 5.82 Å². The monoisotopic (exact) mass is 220 g/mol. The van der Waals surface area contributed by atoms with Crippen LogP contribution >= 0.6 is 0 Å². The molecule has 0 saturated carbocycles. The molecule has 1 rings (SSSR count). The quantitative estimate of drug-likeness (QED) is 0.726. The first-order valence-electron chi connectivity index (χ1n) is 5.04. The zero-order valence-electron chi connectivity index (χ0n) is 9.96. The third-order valence-electron chi connectivity index (χ3n) is 2.00. The molecule has 2 N–H and O–H groups in total. The fraction of sp³-hybridized carbons (Fsp3) is 0.545. The first-order chi connectivity index (χ1) is 7.34. The fourth-order valence-electron chi connectivity index (χ4n) is 1.00. The summed E-state index contributed by atoms with van der Waals surface area (Å²) in [6, 6.07) is -0.330. The van der Waals surface area contributed by atoms with Crippen molar-refractivity contribution in [2.45, 2.75) is 39.2 Å². The predicted molar refractivity (Wildman–Crippen MR) is 60.8 cm³/mol. The summed E-state index contributed by atoms with van der Waals surface area (Å²) in [5, 5.41) is 9.19. The van der Waals surface area contributed by atoms with Crippen LogP contribution in [0.3, 0.4) is 0 Å². The van der Waals surface area contributed by atoms with E-state index in [1.807, 2.05) is 20.8 Å². The van der Waals surface area contributed by atoms with Crippen molar-refractivity contribution in [1.29, 1.82) is 0 Å². The number of H-pyrrole nitrogens is 1. The first kappa shape index (κ1) is 12.2. The number of rotatable bonds is 2. The Balaban J connectivity index is 2.80.